The summed E-state index contributed by atoms with van der Waals surface area (Å²) in [5.74, 6) is 0. The number of rotatable bonds is 8. The fourth-order valence-electron chi connectivity index (χ4n) is 7.48. The first kappa shape index (κ1) is 35.2. The molecule has 0 aromatic heterocycles. The van der Waals surface area contributed by atoms with Crippen LogP contribution in [0.2, 0.25) is 19.6 Å². The number of allylic oxidation sites excluding steroid dienone is 4. The van der Waals surface area contributed by atoms with Crippen LogP contribution in [-0.4, -0.2) is 11.3 Å². The molecule has 2 aliphatic carbocycles. The molecule has 0 fully saturated rings. The Morgan fingerprint density at radius 2 is 1.23 bits per heavy atom. The summed E-state index contributed by atoms with van der Waals surface area (Å²) >= 11 is -3.02. The van der Waals surface area contributed by atoms with E-state index < -0.39 is 29.0 Å². The van der Waals surface area contributed by atoms with Crippen molar-refractivity contribution in [3.05, 3.63) is 145 Å². The summed E-state index contributed by atoms with van der Waals surface area (Å²) in [5.41, 5.74) is 13.5. The quantitative estimate of drug-likeness (QED) is 0.155. The Kier molecular flexibility index (Phi) is 9.93. The van der Waals surface area contributed by atoms with Gasteiger partial charge in [-0.15, -0.1) is 0 Å². The molecule has 0 amide bonds. The molecule has 0 atom stereocenters. The Hall–Kier alpha value is -2.68. The van der Waals surface area contributed by atoms with Crippen molar-refractivity contribution in [3.8, 4) is 11.1 Å². The van der Waals surface area contributed by atoms with Gasteiger partial charge in [0, 0.05) is 0 Å². The molecule has 0 saturated heterocycles. The average Bonchev–Trinajstić information content (AvgIpc) is 3.68. The van der Waals surface area contributed by atoms with Gasteiger partial charge in [0.05, 0.1) is 0 Å². The third kappa shape index (κ3) is 7.13. The van der Waals surface area contributed by atoms with Gasteiger partial charge in [0.15, 0.2) is 0 Å². The van der Waals surface area contributed by atoms with E-state index in [9.17, 15) is 0 Å². The molecule has 4 aromatic rings. The van der Waals surface area contributed by atoms with Crippen LogP contribution in [-0.2, 0) is 38.2 Å². The van der Waals surface area contributed by atoms with Gasteiger partial charge < -0.3 is 0 Å². The summed E-state index contributed by atoms with van der Waals surface area (Å²) in [6, 6.07) is 34.7. The van der Waals surface area contributed by atoms with E-state index in [1.807, 2.05) is 0 Å². The van der Waals surface area contributed by atoms with Gasteiger partial charge in [0.2, 0.25) is 0 Å². The molecule has 0 saturated carbocycles. The zero-order valence-corrected chi connectivity index (χ0v) is 35.8. The third-order valence-electron chi connectivity index (χ3n) is 10.5. The van der Waals surface area contributed by atoms with Crippen molar-refractivity contribution in [2.24, 2.45) is 0 Å². The zero-order chi connectivity index (χ0) is 34.4. The van der Waals surface area contributed by atoms with Crippen LogP contribution < -0.4 is 5.19 Å². The number of aryl methyl sites for hydroxylation is 1. The van der Waals surface area contributed by atoms with E-state index in [4.69, 9.17) is 0 Å². The second kappa shape index (κ2) is 13.6. The summed E-state index contributed by atoms with van der Waals surface area (Å²) in [6.07, 6.45) is 12.0. The maximum atomic E-state index is 2.62. The zero-order valence-electron chi connectivity index (χ0n) is 31.2. The molecule has 0 radical (unpaired) electrons. The molecular weight excluding hydrogens is 759 g/mol. The second-order valence-corrected chi connectivity index (χ2v) is 31.5. The third-order valence-corrected chi connectivity index (χ3v) is 24.7. The maximum absolute atomic E-state index is 3.02. The molecule has 0 spiro atoms. The normalized spacial score (nSPS) is 15.3. The SMILES string of the molecule is CCCCc1ccc(/[C](c2ccc([Si](C)(C)C)cc2)=[Hf](/[C]2=CC=CC2)[CH]2c3cc(C(C)(C)C)ccc3-c3ccc(C(C)(C)C)cc32)cc1. The predicted molar refractivity (Wildman–Crippen MR) is 211 cm³/mol. The van der Waals surface area contributed by atoms with Gasteiger partial charge in [0.25, 0.3) is 0 Å². The summed E-state index contributed by atoms with van der Waals surface area (Å²) in [4.78, 5) is 0. The van der Waals surface area contributed by atoms with E-state index in [0.29, 0.717) is 3.67 Å². The Bertz CT molecular complexity index is 1830. The second-order valence-electron chi connectivity index (χ2n) is 17.3. The molecule has 4 aromatic carbocycles. The van der Waals surface area contributed by atoms with E-state index >= 15 is 0 Å². The van der Waals surface area contributed by atoms with E-state index in [2.05, 4.69) is 171 Å². The van der Waals surface area contributed by atoms with E-state index in [0.717, 1.165) is 12.8 Å². The summed E-state index contributed by atoms with van der Waals surface area (Å²) in [7, 11) is -1.43. The van der Waals surface area contributed by atoms with Gasteiger partial charge in [-0.3, -0.25) is 0 Å². The predicted octanol–water partition coefficient (Wildman–Crippen LogP) is 12.0. The van der Waals surface area contributed by atoms with Crippen molar-refractivity contribution >= 4 is 16.5 Å². The fraction of sp³-hybridized carbons (Fsp3) is 0.370. The Morgan fingerprint density at radius 1 is 0.708 bits per heavy atom. The van der Waals surface area contributed by atoms with Gasteiger partial charge in [-0.05, 0) is 0 Å². The molecule has 0 aliphatic heterocycles. The van der Waals surface area contributed by atoms with Crippen LogP contribution in [0.4, 0.5) is 0 Å². The van der Waals surface area contributed by atoms with Crippen LogP contribution in [0.5, 0.6) is 0 Å². The van der Waals surface area contributed by atoms with Crippen molar-refractivity contribution in [2.45, 2.75) is 108 Å². The van der Waals surface area contributed by atoms with Crippen molar-refractivity contribution in [3.63, 3.8) is 0 Å². The van der Waals surface area contributed by atoms with E-state index in [-0.39, 0.29) is 10.8 Å². The van der Waals surface area contributed by atoms with Crippen LogP contribution in [0.3, 0.4) is 0 Å². The van der Waals surface area contributed by atoms with Crippen LogP contribution in [0.25, 0.3) is 11.1 Å². The first-order chi connectivity index (χ1) is 22.7. The van der Waals surface area contributed by atoms with Crippen LogP contribution in [0.15, 0.2) is 106 Å². The number of hydrogen-bond donors (Lipinski definition) is 0. The molecule has 248 valence electrons. The van der Waals surface area contributed by atoms with Gasteiger partial charge >= 0.3 is 302 Å². The Labute approximate surface area is 300 Å². The number of unbranched alkanes of at least 4 members (excludes halogenated alkanes) is 1. The molecule has 2 aliphatic rings. The van der Waals surface area contributed by atoms with E-state index in [1.54, 1.807) is 17.7 Å². The van der Waals surface area contributed by atoms with Crippen molar-refractivity contribution in [1.82, 2.24) is 0 Å². The van der Waals surface area contributed by atoms with Crippen LogP contribution in [0, 0.1) is 0 Å². The summed E-state index contributed by atoms with van der Waals surface area (Å²) in [6.45, 7) is 23.9. The number of hydrogen-bond acceptors (Lipinski definition) is 0. The molecule has 48 heavy (non-hydrogen) atoms. The van der Waals surface area contributed by atoms with Gasteiger partial charge in [0.1, 0.15) is 0 Å². The van der Waals surface area contributed by atoms with E-state index in [1.165, 1.54) is 57.0 Å². The first-order valence-corrected chi connectivity index (χ1v) is 27.4. The van der Waals surface area contributed by atoms with Crippen LogP contribution >= 0.6 is 0 Å². The van der Waals surface area contributed by atoms with Crippen LogP contribution in [0.1, 0.15) is 110 Å². The van der Waals surface area contributed by atoms with Gasteiger partial charge in [-0.25, -0.2) is 0 Å². The topological polar surface area (TPSA) is 0 Å². The van der Waals surface area contributed by atoms with Crippen molar-refractivity contribution in [1.29, 1.82) is 0 Å². The first-order valence-electron chi connectivity index (χ1n) is 18.3. The minimum atomic E-state index is -3.02. The molecular formula is C46H56HfSi. The Balaban J connectivity index is 1.70. The van der Waals surface area contributed by atoms with Crippen molar-refractivity contribution in [2.75, 3.05) is 0 Å². The molecule has 0 nitrogen and oxygen atoms in total. The molecule has 0 bridgehead atoms. The molecule has 2 heteroatoms. The van der Waals surface area contributed by atoms with Gasteiger partial charge in [-0.1, -0.05) is 0 Å². The molecule has 0 N–H and O–H groups in total. The number of fused-ring (bicyclic) bond motifs is 3. The monoisotopic (exact) mass is 816 g/mol. The number of benzene rings is 4. The minimum absolute atomic E-state index is 0.0952. The summed E-state index contributed by atoms with van der Waals surface area (Å²) in [5, 5.41) is 1.54. The molecule has 0 heterocycles. The van der Waals surface area contributed by atoms with Gasteiger partial charge in [-0.2, -0.15) is 0 Å². The van der Waals surface area contributed by atoms with Crippen molar-refractivity contribution < 1.29 is 21.0 Å². The fourth-order valence-corrected chi connectivity index (χ4v) is 21.8. The molecule has 0 unspecified atom stereocenters. The Morgan fingerprint density at radius 3 is 1.67 bits per heavy atom. The average molecular weight is 816 g/mol. The standard InChI is InChI=1S/C21H25.C20H26Si.C5H5.Hf/c1-20(2,3)16-7-9-18-14(12-16)11-15-13-17(21(4,5)6)8-10-19(15)18;1-5-6-7-17-8-10-18(11-9-17)16-19-12-14-20(15-13-19)21(2,3)4;1-2-4-5-3-1;/h7-13H,1-6H3;8-15H,5-7H2,1-4H3;1-3H,4H2;. The summed E-state index contributed by atoms with van der Waals surface area (Å²) < 4.78 is 3.83. The molecule has 6 rings (SSSR count).